The Hall–Kier alpha value is -2.70. The van der Waals surface area contributed by atoms with Crippen molar-refractivity contribution < 1.29 is 9.53 Å². The molecule has 1 amide bonds. The number of ether oxygens (including phenoxy) is 1. The fourth-order valence-electron chi connectivity index (χ4n) is 3.55. The van der Waals surface area contributed by atoms with Crippen molar-refractivity contribution in [2.75, 3.05) is 6.54 Å². The smallest absolute Gasteiger partial charge is 0.249 e. The quantitative estimate of drug-likeness (QED) is 0.703. The van der Waals surface area contributed by atoms with Gasteiger partial charge in [-0.1, -0.05) is 36.4 Å². The third-order valence-corrected chi connectivity index (χ3v) is 5.00. The Morgan fingerprint density at radius 2 is 2.04 bits per heavy atom. The SMILES string of the molecule is NC[C@H]1CC[C@@H](C(=O)NCc2cccc(Cn3cnc4ccccc43)c2)O1. The number of hydrogen-bond acceptors (Lipinski definition) is 4. The van der Waals surface area contributed by atoms with Crippen LogP contribution in [0.25, 0.3) is 11.0 Å². The van der Waals surface area contributed by atoms with Crippen LogP contribution in [0.15, 0.2) is 54.9 Å². The number of para-hydroxylation sites is 2. The highest BCUT2D eigenvalue weighted by molar-refractivity contribution is 5.81. The molecule has 0 bridgehead atoms. The highest BCUT2D eigenvalue weighted by Crippen LogP contribution is 2.19. The summed E-state index contributed by atoms with van der Waals surface area (Å²) in [7, 11) is 0. The summed E-state index contributed by atoms with van der Waals surface area (Å²) in [6.45, 7) is 1.70. The van der Waals surface area contributed by atoms with Crippen LogP contribution in [0.4, 0.5) is 0 Å². The molecule has 2 heterocycles. The Morgan fingerprint density at radius 1 is 1.19 bits per heavy atom. The van der Waals surface area contributed by atoms with Crippen molar-refractivity contribution in [3.05, 3.63) is 66.0 Å². The van der Waals surface area contributed by atoms with E-state index in [4.69, 9.17) is 10.5 Å². The summed E-state index contributed by atoms with van der Waals surface area (Å²) in [5, 5.41) is 2.98. The highest BCUT2D eigenvalue weighted by Gasteiger charge is 2.29. The van der Waals surface area contributed by atoms with E-state index >= 15 is 0 Å². The zero-order valence-electron chi connectivity index (χ0n) is 15.2. The molecule has 0 saturated carbocycles. The summed E-state index contributed by atoms with van der Waals surface area (Å²) in [6.07, 6.45) is 3.09. The number of nitrogens with two attached hydrogens (primary N) is 1. The van der Waals surface area contributed by atoms with Gasteiger partial charge in [0.1, 0.15) is 6.10 Å². The molecule has 1 aliphatic heterocycles. The summed E-state index contributed by atoms with van der Waals surface area (Å²) < 4.78 is 7.78. The van der Waals surface area contributed by atoms with Crippen molar-refractivity contribution in [3.63, 3.8) is 0 Å². The first-order valence-electron chi connectivity index (χ1n) is 9.34. The molecule has 1 fully saturated rings. The van der Waals surface area contributed by atoms with Crippen LogP contribution in [0.1, 0.15) is 24.0 Å². The second kappa shape index (κ2) is 7.90. The standard InChI is InChI=1S/C21H24N4O2/c22-11-17-8-9-20(27-17)21(26)23-12-15-4-3-5-16(10-15)13-25-14-24-18-6-1-2-7-19(18)25/h1-7,10,14,17,20H,8-9,11-13,22H2,(H,23,26)/t17-,20+/m1/s1. The predicted molar refractivity (Wildman–Crippen MR) is 104 cm³/mol. The molecule has 3 N–H and O–H groups in total. The third-order valence-electron chi connectivity index (χ3n) is 5.00. The van der Waals surface area contributed by atoms with Crippen LogP contribution < -0.4 is 11.1 Å². The Bertz CT molecular complexity index is 937. The molecule has 1 aliphatic rings. The average Bonchev–Trinajstić information content (AvgIpc) is 3.34. The first-order valence-corrected chi connectivity index (χ1v) is 9.34. The van der Waals surface area contributed by atoms with Crippen molar-refractivity contribution in [3.8, 4) is 0 Å². The summed E-state index contributed by atoms with van der Waals surface area (Å²) in [6, 6.07) is 16.3. The maximum Gasteiger partial charge on any atom is 0.249 e. The Balaban J connectivity index is 1.38. The normalized spacial score (nSPS) is 19.4. The first-order chi connectivity index (χ1) is 13.2. The summed E-state index contributed by atoms with van der Waals surface area (Å²) in [5.74, 6) is -0.0584. The van der Waals surface area contributed by atoms with E-state index in [1.807, 2.05) is 36.7 Å². The second-order valence-corrected chi connectivity index (χ2v) is 6.96. The van der Waals surface area contributed by atoms with E-state index in [1.54, 1.807) is 0 Å². The molecular formula is C21H24N4O2. The van der Waals surface area contributed by atoms with E-state index in [0.29, 0.717) is 13.1 Å². The van der Waals surface area contributed by atoms with E-state index in [-0.39, 0.29) is 18.1 Å². The van der Waals surface area contributed by atoms with Crippen molar-refractivity contribution in [2.24, 2.45) is 5.73 Å². The Kier molecular flexibility index (Phi) is 5.18. The molecule has 6 nitrogen and oxygen atoms in total. The number of benzene rings is 2. The number of hydrogen-bond donors (Lipinski definition) is 2. The van der Waals surface area contributed by atoms with Crippen molar-refractivity contribution in [1.82, 2.24) is 14.9 Å². The topological polar surface area (TPSA) is 82.2 Å². The van der Waals surface area contributed by atoms with Crippen molar-refractivity contribution in [1.29, 1.82) is 0 Å². The average molecular weight is 364 g/mol. The van der Waals surface area contributed by atoms with Crippen LogP contribution in [0.2, 0.25) is 0 Å². The van der Waals surface area contributed by atoms with E-state index in [0.717, 1.165) is 36.0 Å². The highest BCUT2D eigenvalue weighted by atomic mass is 16.5. The number of carbonyl (C=O) groups excluding carboxylic acids is 1. The van der Waals surface area contributed by atoms with Gasteiger partial charge in [-0.05, 0) is 36.1 Å². The van der Waals surface area contributed by atoms with Crippen LogP contribution >= 0.6 is 0 Å². The van der Waals surface area contributed by atoms with Gasteiger partial charge >= 0.3 is 0 Å². The molecule has 2 aromatic carbocycles. The van der Waals surface area contributed by atoms with E-state index < -0.39 is 0 Å². The van der Waals surface area contributed by atoms with Crippen LogP contribution in [-0.4, -0.2) is 34.2 Å². The molecule has 27 heavy (non-hydrogen) atoms. The minimum atomic E-state index is -0.376. The Labute approximate surface area is 158 Å². The van der Waals surface area contributed by atoms with Crippen LogP contribution in [0, 0.1) is 0 Å². The van der Waals surface area contributed by atoms with Gasteiger partial charge < -0.3 is 20.4 Å². The maximum absolute atomic E-state index is 12.3. The van der Waals surface area contributed by atoms with E-state index in [1.165, 1.54) is 5.56 Å². The molecule has 0 spiro atoms. The molecule has 140 valence electrons. The molecule has 0 unspecified atom stereocenters. The number of aromatic nitrogens is 2. The van der Waals surface area contributed by atoms with Crippen LogP contribution in [0.5, 0.6) is 0 Å². The number of nitrogens with zero attached hydrogens (tertiary/aromatic N) is 2. The first kappa shape index (κ1) is 17.7. The number of fused-ring (bicyclic) bond motifs is 1. The lowest BCUT2D eigenvalue weighted by Crippen LogP contribution is -2.35. The fourth-order valence-corrected chi connectivity index (χ4v) is 3.55. The predicted octanol–water partition coefficient (Wildman–Crippen LogP) is 2.21. The van der Waals surface area contributed by atoms with Crippen molar-refractivity contribution >= 4 is 16.9 Å². The molecule has 0 radical (unpaired) electrons. The molecular weight excluding hydrogens is 340 g/mol. The van der Waals surface area contributed by atoms with Gasteiger partial charge in [0.2, 0.25) is 5.91 Å². The van der Waals surface area contributed by atoms with Gasteiger partial charge in [0, 0.05) is 19.6 Å². The lowest BCUT2D eigenvalue weighted by Gasteiger charge is -2.13. The van der Waals surface area contributed by atoms with Gasteiger partial charge in [-0.2, -0.15) is 0 Å². The summed E-state index contributed by atoms with van der Waals surface area (Å²) >= 11 is 0. The summed E-state index contributed by atoms with van der Waals surface area (Å²) in [5.41, 5.74) is 9.95. The van der Waals surface area contributed by atoms with Gasteiger partial charge in [-0.3, -0.25) is 4.79 Å². The zero-order chi connectivity index (χ0) is 18.6. The molecule has 1 saturated heterocycles. The third kappa shape index (κ3) is 4.02. The lowest BCUT2D eigenvalue weighted by atomic mass is 10.1. The van der Waals surface area contributed by atoms with Crippen LogP contribution in [-0.2, 0) is 22.6 Å². The molecule has 6 heteroatoms. The van der Waals surface area contributed by atoms with Gasteiger partial charge in [0.15, 0.2) is 0 Å². The van der Waals surface area contributed by atoms with Gasteiger partial charge in [-0.15, -0.1) is 0 Å². The zero-order valence-corrected chi connectivity index (χ0v) is 15.2. The molecule has 4 rings (SSSR count). The Morgan fingerprint density at radius 3 is 2.89 bits per heavy atom. The van der Waals surface area contributed by atoms with Crippen LogP contribution in [0.3, 0.4) is 0 Å². The monoisotopic (exact) mass is 364 g/mol. The molecule has 0 aliphatic carbocycles. The maximum atomic E-state index is 12.3. The molecule has 3 aromatic rings. The molecule has 1 aromatic heterocycles. The second-order valence-electron chi connectivity index (χ2n) is 6.96. The number of rotatable bonds is 6. The van der Waals surface area contributed by atoms with Gasteiger partial charge in [0.25, 0.3) is 0 Å². The minimum absolute atomic E-state index is 0.00841. The lowest BCUT2D eigenvalue weighted by molar-refractivity contribution is -0.132. The molecule has 2 atom stereocenters. The number of imidazole rings is 1. The number of nitrogens with one attached hydrogen (secondary N) is 1. The summed E-state index contributed by atoms with van der Waals surface area (Å²) in [4.78, 5) is 16.7. The number of carbonyl (C=O) groups is 1. The number of amides is 1. The van der Waals surface area contributed by atoms with Gasteiger partial charge in [0.05, 0.1) is 23.5 Å². The largest absolute Gasteiger partial charge is 0.364 e. The van der Waals surface area contributed by atoms with E-state index in [2.05, 4.69) is 33.1 Å². The van der Waals surface area contributed by atoms with Crippen molar-refractivity contribution in [2.45, 2.75) is 38.1 Å². The van der Waals surface area contributed by atoms with Gasteiger partial charge in [-0.25, -0.2) is 4.98 Å². The van der Waals surface area contributed by atoms with E-state index in [9.17, 15) is 4.79 Å². The fraction of sp³-hybridized carbons (Fsp3) is 0.333. The minimum Gasteiger partial charge on any atom is -0.364 e.